The van der Waals surface area contributed by atoms with E-state index in [1.54, 1.807) is 0 Å². The van der Waals surface area contributed by atoms with Crippen LogP contribution in [0, 0.1) is 11.8 Å². The summed E-state index contributed by atoms with van der Waals surface area (Å²) >= 11 is 0. The van der Waals surface area contributed by atoms with E-state index in [0.29, 0.717) is 24.4 Å². The SMILES string of the molecule is CC1CNCC(C)C1N1CCC(F)C1. The summed E-state index contributed by atoms with van der Waals surface area (Å²) in [6.07, 6.45) is 0.160. The number of alkyl halides is 1. The average molecular weight is 200 g/mol. The molecule has 3 unspecified atom stereocenters. The fourth-order valence-electron chi connectivity index (χ4n) is 3.07. The third-order valence-electron chi connectivity index (χ3n) is 3.68. The molecule has 0 spiro atoms. The Labute approximate surface area is 85.9 Å². The van der Waals surface area contributed by atoms with Gasteiger partial charge in [0.2, 0.25) is 0 Å². The molecule has 14 heavy (non-hydrogen) atoms. The highest BCUT2D eigenvalue weighted by Gasteiger charge is 2.36. The Hall–Kier alpha value is -0.150. The second-order valence-corrected chi connectivity index (χ2v) is 4.98. The van der Waals surface area contributed by atoms with Crippen LogP contribution in [0.3, 0.4) is 0 Å². The predicted octanol–water partition coefficient (Wildman–Crippen LogP) is 1.27. The highest BCUT2D eigenvalue weighted by Crippen LogP contribution is 2.26. The molecule has 82 valence electrons. The van der Waals surface area contributed by atoms with Crippen LogP contribution in [0.2, 0.25) is 0 Å². The number of nitrogens with one attached hydrogen (secondary N) is 1. The van der Waals surface area contributed by atoms with Crippen LogP contribution in [-0.4, -0.2) is 43.3 Å². The first-order chi connectivity index (χ1) is 6.68. The molecule has 0 bridgehead atoms. The minimum atomic E-state index is -0.579. The molecule has 2 rings (SSSR count). The van der Waals surface area contributed by atoms with Gasteiger partial charge >= 0.3 is 0 Å². The van der Waals surface area contributed by atoms with Crippen LogP contribution in [0.25, 0.3) is 0 Å². The smallest absolute Gasteiger partial charge is 0.114 e. The van der Waals surface area contributed by atoms with Crippen molar-refractivity contribution in [1.29, 1.82) is 0 Å². The first-order valence-corrected chi connectivity index (χ1v) is 5.77. The van der Waals surface area contributed by atoms with Gasteiger partial charge < -0.3 is 5.32 Å². The number of likely N-dealkylation sites (tertiary alicyclic amines) is 1. The summed E-state index contributed by atoms with van der Waals surface area (Å²) in [4.78, 5) is 2.36. The molecule has 2 aliphatic heterocycles. The second-order valence-electron chi connectivity index (χ2n) is 4.98. The Morgan fingerprint density at radius 3 is 2.36 bits per heavy atom. The van der Waals surface area contributed by atoms with Crippen LogP contribution in [-0.2, 0) is 0 Å². The molecule has 2 nitrogen and oxygen atoms in total. The predicted molar refractivity (Wildman–Crippen MR) is 56.1 cm³/mol. The van der Waals surface area contributed by atoms with Gasteiger partial charge in [-0.15, -0.1) is 0 Å². The van der Waals surface area contributed by atoms with Crippen LogP contribution in [0.15, 0.2) is 0 Å². The van der Waals surface area contributed by atoms with Gasteiger partial charge in [-0.25, -0.2) is 4.39 Å². The maximum Gasteiger partial charge on any atom is 0.114 e. The first-order valence-electron chi connectivity index (χ1n) is 5.77. The number of hydrogen-bond acceptors (Lipinski definition) is 2. The Balaban J connectivity index is 1.99. The quantitative estimate of drug-likeness (QED) is 0.686. The van der Waals surface area contributed by atoms with Crippen LogP contribution in [0.4, 0.5) is 4.39 Å². The molecule has 0 aromatic heterocycles. The molecule has 0 aliphatic carbocycles. The number of rotatable bonds is 1. The molecule has 3 atom stereocenters. The summed E-state index contributed by atoms with van der Waals surface area (Å²) in [5.41, 5.74) is 0. The maximum atomic E-state index is 13.1. The highest BCUT2D eigenvalue weighted by atomic mass is 19.1. The van der Waals surface area contributed by atoms with E-state index in [2.05, 4.69) is 24.1 Å². The molecule has 0 aromatic carbocycles. The van der Waals surface area contributed by atoms with E-state index in [-0.39, 0.29) is 0 Å². The summed E-state index contributed by atoms with van der Waals surface area (Å²) in [5.74, 6) is 1.31. The molecule has 0 radical (unpaired) electrons. The fourth-order valence-corrected chi connectivity index (χ4v) is 3.07. The minimum absolute atomic E-state index is 0.579. The second kappa shape index (κ2) is 4.15. The van der Waals surface area contributed by atoms with Crippen molar-refractivity contribution < 1.29 is 4.39 Å². The first kappa shape index (κ1) is 10.4. The van der Waals surface area contributed by atoms with Gasteiger partial charge in [-0.05, 0) is 31.3 Å². The molecule has 0 amide bonds. The molecular weight excluding hydrogens is 179 g/mol. The van der Waals surface area contributed by atoms with Crippen LogP contribution >= 0.6 is 0 Å². The standard InChI is InChI=1S/C11H21FN2/c1-8-5-13-6-9(2)11(8)14-4-3-10(12)7-14/h8-11,13H,3-7H2,1-2H3. The summed E-state index contributed by atoms with van der Waals surface area (Å²) in [5, 5.41) is 3.43. The van der Waals surface area contributed by atoms with Gasteiger partial charge in [0.1, 0.15) is 6.17 Å². The van der Waals surface area contributed by atoms with Gasteiger partial charge in [0.25, 0.3) is 0 Å². The van der Waals surface area contributed by atoms with Gasteiger partial charge in [-0.3, -0.25) is 4.90 Å². The molecule has 0 saturated carbocycles. The van der Waals surface area contributed by atoms with Crippen molar-refractivity contribution in [2.24, 2.45) is 11.8 Å². The van der Waals surface area contributed by atoms with Crippen molar-refractivity contribution in [3.63, 3.8) is 0 Å². The van der Waals surface area contributed by atoms with E-state index in [9.17, 15) is 4.39 Å². The van der Waals surface area contributed by atoms with Crippen molar-refractivity contribution in [3.05, 3.63) is 0 Å². The topological polar surface area (TPSA) is 15.3 Å². The largest absolute Gasteiger partial charge is 0.316 e. The van der Waals surface area contributed by atoms with Gasteiger partial charge in [-0.2, -0.15) is 0 Å². The van der Waals surface area contributed by atoms with E-state index in [1.165, 1.54) is 0 Å². The third kappa shape index (κ3) is 1.94. The Bertz CT molecular complexity index is 188. The van der Waals surface area contributed by atoms with Crippen molar-refractivity contribution in [1.82, 2.24) is 10.2 Å². The zero-order valence-electron chi connectivity index (χ0n) is 9.17. The molecule has 2 fully saturated rings. The van der Waals surface area contributed by atoms with E-state index in [4.69, 9.17) is 0 Å². The van der Waals surface area contributed by atoms with E-state index < -0.39 is 6.17 Å². The number of hydrogen-bond donors (Lipinski definition) is 1. The summed E-state index contributed by atoms with van der Waals surface area (Å²) < 4.78 is 13.1. The number of nitrogens with zero attached hydrogens (tertiary/aromatic N) is 1. The molecule has 1 N–H and O–H groups in total. The molecule has 3 heteroatoms. The van der Waals surface area contributed by atoms with E-state index in [0.717, 1.165) is 26.1 Å². The molecular formula is C11H21FN2. The molecule has 2 heterocycles. The van der Waals surface area contributed by atoms with Gasteiger partial charge in [0, 0.05) is 19.1 Å². The van der Waals surface area contributed by atoms with Crippen LogP contribution < -0.4 is 5.32 Å². The average Bonchev–Trinajstić information content (AvgIpc) is 2.51. The Morgan fingerprint density at radius 2 is 1.86 bits per heavy atom. The van der Waals surface area contributed by atoms with E-state index >= 15 is 0 Å². The Kier molecular flexibility index (Phi) is 3.07. The third-order valence-corrected chi connectivity index (χ3v) is 3.68. The van der Waals surface area contributed by atoms with Crippen molar-refractivity contribution in [3.8, 4) is 0 Å². The number of halogens is 1. The molecule has 0 aromatic rings. The highest BCUT2D eigenvalue weighted by molar-refractivity contribution is 4.91. The summed E-state index contributed by atoms with van der Waals surface area (Å²) in [6, 6.07) is 0.594. The monoisotopic (exact) mass is 200 g/mol. The minimum Gasteiger partial charge on any atom is -0.316 e. The molecule has 2 aliphatic rings. The zero-order valence-corrected chi connectivity index (χ0v) is 9.17. The van der Waals surface area contributed by atoms with E-state index in [1.807, 2.05) is 0 Å². The van der Waals surface area contributed by atoms with Crippen molar-refractivity contribution in [2.75, 3.05) is 26.2 Å². The lowest BCUT2D eigenvalue weighted by atomic mass is 9.86. The van der Waals surface area contributed by atoms with Crippen molar-refractivity contribution >= 4 is 0 Å². The number of piperidine rings is 1. The Morgan fingerprint density at radius 1 is 1.21 bits per heavy atom. The van der Waals surface area contributed by atoms with Crippen LogP contribution in [0.1, 0.15) is 20.3 Å². The lowest BCUT2D eigenvalue weighted by Crippen LogP contribution is -2.53. The molecule has 2 saturated heterocycles. The van der Waals surface area contributed by atoms with Gasteiger partial charge in [-0.1, -0.05) is 13.8 Å². The van der Waals surface area contributed by atoms with Crippen molar-refractivity contribution in [2.45, 2.75) is 32.5 Å². The van der Waals surface area contributed by atoms with Crippen LogP contribution in [0.5, 0.6) is 0 Å². The normalized spacial score (nSPS) is 45.6. The lowest BCUT2D eigenvalue weighted by molar-refractivity contribution is 0.0948. The lowest BCUT2D eigenvalue weighted by Gasteiger charge is -2.41. The van der Waals surface area contributed by atoms with Gasteiger partial charge in [0.15, 0.2) is 0 Å². The maximum absolute atomic E-state index is 13.1. The fraction of sp³-hybridized carbons (Fsp3) is 1.00. The van der Waals surface area contributed by atoms with Gasteiger partial charge in [0.05, 0.1) is 0 Å². The summed E-state index contributed by atoms with van der Waals surface area (Å²) in [7, 11) is 0. The zero-order chi connectivity index (χ0) is 10.1. The summed E-state index contributed by atoms with van der Waals surface area (Å²) in [6.45, 7) is 8.35.